The van der Waals surface area contributed by atoms with Crippen LogP contribution >= 0.6 is 0 Å². The fourth-order valence-electron chi connectivity index (χ4n) is 5.04. The minimum Gasteiger partial charge on any atom is -0.507 e. The summed E-state index contributed by atoms with van der Waals surface area (Å²) in [5.41, 5.74) is 1.21. The molecule has 2 N–H and O–H groups in total. The van der Waals surface area contributed by atoms with Gasteiger partial charge in [0.15, 0.2) is 5.82 Å². The van der Waals surface area contributed by atoms with Gasteiger partial charge in [-0.25, -0.2) is 9.78 Å². The Morgan fingerprint density at radius 1 is 1.10 bits per heavy atom. The highest BCUT2D eigenvalue weighted by Crippen LogP contribution is 2.53. The van der Waals surface area contributed by atoms with Crippen LogP contribution in [-0.2, 0) is 7.05 Å². The third-order valence-corrected chi connectivity index (χ3v) is 6.70. The maximum atomic E-state index is 11.7. The Labute approximate surface area is 178 Å². The normalized spacial score (nSPS) is 28.2. The Kier molecular flexibility index (Phi) is 4.07. The quantitative estimate of drug-likeness (QED) is 0.655. The number of phenols is 1. The molecule has 2 aliphatic heterocycles. The number of benzene rings is 1. The van der Waals surface area contributed by atoms with E-state index in [0.29, 0.717) is 34.8 Å². The zero-order valence-electron chi connectivity index (χ0n) is 17.0. The number of phenolic OH excluding ortho intramolecular Hbond substituents is 1. The van der Waals surface area contributed by atoms with Gasteiger partial charge in [-0.15, -0.1) is 10.2 Å². The lowest BCUT2D eigenvalue weighted by molar-refractivity contribution is 0.119. The van der Waals surface area contributed by atoms with E-state index in [1.165, 1.54) is 23.4 Å². The van der Waals surface area contributed by atoms with Crippen molar-refractivity contribution in [3.63, 3.8) is 0 Å². The average molecular weight is 418 g/mol. The minimum absolute atomic E-state index is 0.0129. The molecule has 3 aliphatic rings. The lowest BCUT2D eigenvalue weighted by atomic mass is 9.98. The number of hydrogen-bond donors (Lipinski definition) is 2. The van der Waals surface area contributed by atoms with Crippen molar-refractivity contribution >= 4 is 0 Å². The van der Waals surface area contributed by atoms with Crippen molar-refractivity contribution in [2.75, 3.05) is 0 Å². The van der Waals surface area contributed by atoms with Crippen LogP contribution in [0.15, 0.2) is 41.5 Å². The van der Waals surface area contributed by atoms with Crippen LogP contribution in [0.5, 0.6) is 11.6 Å². The van der Waals surface area contributed by atoms with Gasteiger partial charge < -0.3 is 15.2 Å². The van der Waals surface area contributed by atoms with Crippen LogP contribution in [-0.4, -0.2) is 48.0 Å². The molecule has 0 spiro atoms. The molecule has 3 fully saturated rings. The molecule has 5 atom stereocenters. The number of rotatable bonds is 4. The van der Waals surface area contributed by atoms with E-state index < -0.39 is 5.69 Å². The third-order valence-electron chi connectivity index (χ3n) is 6.70. The van der Waals surface area contributed by atoms with Crippen molar-refractivity contribution in [1.29, 1.82) is 0 Å². The molecule has 9 heteroatoms. The van der Waals surface area contributed by atoms with Crippen molar-refractivity contribution < 1.29 is 9.84 Å². The van der Waals surface area contributed by atoms with Gasteiger partial charge in [-0.3, -0.25) is 4.57 Å². The number of aromatic hydroxyl groups is 1. The molecule has 2 aromatic heterocycles. The monoisotopic (exact) mass is 418 g/mol. The summed E-state index contributed by atoms with van der Waals surface area (Å²) in [6.07, 6.45) is 4.99. The molecule has 4 heterocycles. The number of ether oxygens (including phenoxy) is 1. The molecule has 1 aliphatic carbocycles. The first-order valence-electron chi connectivity index (χ1n) is 10.5. The van der Waals surface area contributed by atoms with Crippen LogP contribution in [0.25, 0.3) is 22.6 Å². The Morgan fingerprint density at radius 2 is 1.90 bits per heavy atom. The Balaban J connectivity index is 1.18. The summed E-state index contributed by atoms with van der Waals surface area (Å²) in [6, 6.07) is 9.74. The Bertz CT molecular complexity index is 1190. The molecule has 0 radical (unpaired) electrons. The molecule has 31 heavy (non-hydrogen) atoms. The highest BCUT2D eigenvalue weighted by atomic mass is 16.5. The van der Waals surface area contributed by atoms with Gasteiger partial charge in [-0.05, 0) is 36.5 Å². The van der Waals surface area contributed by atoms with E-state index in [4.69, 9.17) is 4.74 Å². The van der Waals surface area contributed by atoms with Crippen LogP contribution in [0, 0.1) is 11.8 Å². The predicted octanol–water partition coefficient (Wildman–Crippen LogP) is 1.52. The molecule has 2 bridgehead atoms. The average Bonchev–Trinajstić information content (AvgIpc) is 3.53. The van der Waals surface area contributed by atoms with Gasteiger partial charge in [0, 0.05) is 49.2 Å². The molecular formula is C22H22N6O3. The molecular weight excluding hydrogens is 396 g/mol. The number of piperidine rings is 2. The summed E-state index contributed by atoms with van der Waals surface area (Å²) in [6.45, 7) is 0. The maximum absolute atomic E-state index is 11.7. The van der Waals surface area contributed by atoms with Gasteiger partial charge >= 0.3 is 5.69 Å². The van der Waals surface area contributed by atoms with E-state index in [9.17, 15) is 9.90 Å². The molecule has 3 aromatic rings. The standard InChI is InChI=1S/C22H22N6O3/c1-28-10-23-21(25-22(28)30)11-2-3-13(19(29)6-11)16-4-5-20(27-26-16)31-12-7-17-14-9-15(14)18(8-12)24-17/h2-6,10,12,14-15,17-18,24,29H,7-9H2,1H3/t12?,14-,15+,17?,18?. The van der Waals surface area contributed by atoms with Crippen molar-refractivity contribution in [1.82, 2.24) is 30.0 Å². The van der Waals surface area contributed by atoms with E-state index in [1.54, 1.807) is 31.3 Å². The van der Waals surface area contributed by atoms with Gasteiger partial charge in [0.05, 0.1) is 5.69 Å². The Morgan fingerprint density at radius 3 is 2.58 bits per heavy atom. The second-order valence-corrected chi connectivity index (χ2v) is 8.72. The molecule has 3 unspecified atom stereocenters. The molecule has 6 rings (SSSR count). The Hall–Kier alpha value is -3.33. The largest absolute Gasteiger partial charge is 0.507 e. The third kappa shape index (κ3) is 3.25. The van der Waals surface area contributed by atoms with E-state index in [0.717, 1.165) is 24.7 Å². The summed E-state index contributed by atoms with van der Waals surface area (Å²) in [5.74, 6) is 2.48. The highest BCUT2D eigenvalue weighted by Gasteiger charge is 2.57. The SMILES string of the molecule is Cn1cnc(-c2ccc(-c3ccc(OC4CC5NC(C4)[C@@H]4C[C@H]54)nn3)c(O)c2)nc1=O. The van der Waals surface area contributed by atoms with Crippen molar-refractivity contribution in [2.45, 2.75) is 37.5 Å². The van der Waals surface area contributed by atoms with Crippen LogP contribution in [0.4, 0.5) is 0 Å². The number of nitrogens with zero attached hydrogens (tertiary/aromatic N) is 5. The second kappa shape index (κ2) is 6.84. The predicted molar refractivity (Wildman–Crippen MR) is 111 cm³/mol. The number of aryl methyl sites for hydroxylation is 1. The van der Waals surface area contributed by atoms with Crippen LogP contribution in [0.2, 0.25) is 0 Å². The summed E-state index contributed by atoms with van der Waals surface area (Å²) in [5, 5.41) is 22.7. The summed E-state index contributed by atoms with van der Waals surface area (Å²) < 4.78 is 7.39. The van der Waals surface area contributed by atoms with E-state index in [-0.39, 0.29) is 17.7 Å². The van der Waals surface area contributed by atoms with E-state index in [2.05, 4.69) is 25.5 Å². The fraction of sp³-hybridized carbons (Fsp3) is 0.409. The van der Waals surface area contributed by atoms with Crippen LogP contribution in [0.3, 0.4) is 0 Å². The van der Waals surface area contributed by atoms with Crippen LogP contribution < -0.4 is 15.7 Å². The van der Waals surface area contributed by atoms with Crippen molar-refractivity contribution in [2.24, 2.45) is 18.9 Å². The number of nitrogens with one attached hydrogen (secondary N) is 1. The van der Waals surface area contributed by atoms with Crippen molar-refractivity contribution in [3.05, 3.63) is 47.1 Å². The van der Waals surface area contributed by atoms with Crippen LogP contribution in [0.1, 0.15) is 19.3 Å². The van der Waals surface area contributed by atoms with E-state index >= 15 is 0 Å². The van der Waals surface area contributed by atoms with E-state index in [1.807, 2.05) is 0 Å². The van der Waals surface area contributed by atoms with Crippen molar-refractivity contribution in [3.8, 4) is 34.3 Å². The van der Waals surface area contributed by atoms with Gasteiger partial charge in [0.25, 0.3) is 0 Å². The van der Waals surface area contributed by atoms with Gasteiger partial charge in [0.1, 0.15) is 18.2 Å². The lowest BCUT2D eigenvalue weighted by Crippen LogP contribution is -2.45. The second-order valence-electron chi connectivity index (χ2n) is 8.72. The lowest BCUT2D eigenvalue weighted by Gasteiger charge is -2.31. The molecule has 2 saturated heterocycles. The summed E-state index contributed by atoms with van der Waals surface area (Å²) >= 11 is 0. The summed E-state index contributed by atoms with van der Waals surface area (Å²) in [4.78, 5) is 19.8. The fourth-order valence-corrected chi connectivity index (χ4v) is 5.04. The van der Waals surface area contributed by atoms with Gasteiger partial charge in [-0.1, -0.05) is 6.07 Å². The zero-order valence-corrected chi connectivity index (χ0v) is 17.0. The smallest absolute Gasteiger partial charge is 0.350 e. The zero-order chi connectivity index (χ0) is 21.1. The first kappa shape index (κ1) is 18.4. The summed E-state index contributed by atoms with van der Waals surface area (Å²) in [7, 11) is 1.58. The molecule has 1 saturated carbocycles. The molecule has 1 aromatic carbocycles. The highest BCUT2D eigenvalue weighted by molar-refractivity contribution is 5.71. The number of aromatic nitrogens is 5. The number of fused-ring (bicyclic) bond motifs is 5. The number of hydrogen-bond acceptors (Lipinski definition) is 8. The maximum Gasteiger partial charge on any atom is 0.350 e. The molecule has 9 nitrogen and oxygen atoms in total. The topological polar surface area (TPSA) is 115 Å². The van der Waals surface area contributed by atoms with Gasteiger partial charge in [-0.2, -0.15) is 4.98 Å². The molecule has 158 valence electrons. The molecule has 0 amide bonds. The first-order valence-corrected chi connectivity index (χ1v) is 10.5. The minimum atomic E-state index is -0.409. The van der Waals surface area contributed by atoms with Gasteiger partial charge in [0.2, 0.25) is 5.88 Å². The first-order chi connectivity index (χ1) is 15.0.